The summed E-state index contributed by atoms with van der Waals surface area (Å²) in [6, 6.07) is 23.3. The Balaban J connectivity index is 1.47. The topological polar surface area (TPSA) is 72.7 Å². The van der Waals surface area contributed by atoms with Crippen LogP contribution in [0, 0.1) is 0 Å². The van der Waals surface area contributed by atoms with Crippen LogP contribution in [0.3, 0.4) is 0 Å². The summed E-state index contributed by atoms with van der Waals surface area (Å²) < 4.78 is 1.59. The van der Waals surface area contributed by atoms with Crippen LogP contribution in [0.25, 0.3) is 22.5 Å². The molecule has 6 nitrogen and oxygen atoms in total. The molecule has 0 aliphatic carbocycles. The molecule has 0 atom stereocenters. The Bertz CT molecular complexity index is 1090. The summed E-state index contributed by atoms with van der Waals surface area (Å²) >= 11 is 0. The largest absolute Gasteiger partial charge is 0.345 e. The van der Waals surface area contributed by atoms with Crippen LogP contribution >= 0.6 is 0 Å². The van der Waals surface area contributed by atoms with E-state index in [2.05, 4.69) is 20.4 Å². The van der Waals surface area contributed by atoms with E-state index in [4.69, 9.17) is 0 Å². The molecule has 0 bridgehead atoms. The van der Waals surface area contributed by atoms with E-state index >= 15 is 0 Å². The van der Waals surface area contributed by atoms with Gasteiger partial charge in [-0.05, 0) is 12.1 Å². The highest BCUT2D eigenvalue weighted by molar-refractivity contribution is 5.93. The molecule has 138 valence electrons. The van der Waals surface area contributed by atoms with E-state index in [0.29, 0.717) is 12.2 Å². The monoisotopic (exact) mass is 369 g/mol. The third kappa shape index (κ3) is 3.81. The van der Waals surface area contributed by atoms with Crippen LogP contribution in [0.4, 0.5) is 0 Å². The predicted molar refractivity (Wildman–Crippen MR) is 107 cm³/mol. The Hall–Kier alpha value is -3.80. The molecule has 28 heavy (non-hydrogen) atoms. The fraction of sp³-hybridized carbons (Fsp3) is 0.0909. The Morgan fingerprint density at radius 1 is 0.893 bits per heavy atom. The van der Waals surface area contributed by atoms with Gasteiger partial charge in [0.25, 0.3) is 5.91 Å². The average Bonchev–Trinajstić information content (AvgIpc) is 3.15. The molecule has 4 rings (SSSR count). The number of aryl methyl sites for hydroxylation is 1. The Morgan fingerprint density at radius 3 is 2.21 bits per heavy atom. The van der Waals surface area contributed by atoms with Gasteiger partial charge in [-0.1, -0.05) is 60.7 Å². The molecular weight excluding hydrogens is 350 g/mol. The van der Waals surface area contributed by atoms with Crippen LogP contribution in [0.2, 0.25) is 0 Å². The first-order valence-corrected chi connectivity index (χ1v) is 8.95. The van der Waals surface area contributed by atoms with Gasteiger partial charge < -0.3 is 5.32 Å². The number of aromatic nitrogens is 4. The van der Waals surface area contributed by atoms with E-state index in [-0.39, 0.29) is 5.91 Å². The van der Waals surface area contributed by atoms with Crippen molar-refractivity contribution in [2.24, 2.45) is 7.05 Å². The number of amides is 1. The van der Waals surface area contributed by atoms with Gasteiger partial charge in [-0.15, -0.1) is 0 Å². The van der Waals surface area contributed by atoms with Crippen LogP contribution < -0.4 is 5.32 Å². The van der Waals surface area contributed by atoms with E-state index in [1.807, 2.05) is 66.7 Å². The third-order valence-corrected chi connectivity index (χ3v) is 4.41. The highest BCUT2D eigenvalue weighted by Crippen LogP contribution is 2.19. The first-order valence-electron chi connectivity index (χ1n) is 8.95. The van der Waals surface area contributed by atoms with Gasteiger partial charge in [0.05, 0.1) is 23.6 Å². The molecule has 6 heteroatoms. The average molecular weight is 369 g/mol. The van der Waals surface area contributed by atoms with Crippen LogP contribution in [0.15, 0.2) is 79.1 Å². The summed E-state index contributed by atoms with van der Waals surface area (Å²) in [6.07, 6.45) is 1.52. The molecule has 2 heterocycles. The highest BCUT2D eigenvalue weighted by atomic mass is 16.2. The van der Waals surface area contributed by atoms with Crippen molar-refractivity contribution >= 4 is 5.91 Å². The number of hydrogen-bond acceptors (Lipinski definition) is 4. The van der Waals surface area contributed by atoms with Crippen LogP contribution in [0.5, 0.6) is 0 Å². The SMILES string of the molecule is Cn1nc(-c2ccccc2)cc1C(=O)NCc1cc(-c2ccccc2)ncn1. The summed E-state index contributed by atoms with van der Waals surface area (Å²) in [5, 5.41) is 7.35. The van der Waals surface area contributed by atoms with Crippen molar-refractivity contribution in [2.75, 3.05) is 0 Å². The molecule has 1 amide bonds. The van der Waals surface area contributed by atoms with Gasteiger partial charge in [-0.25, -0.2) is 9.97 Å². The van der Waals surface area contributed by atoms with Gasteiger partial charge >= 0.3 is 0 Å². The van der Waals surface area contributed by atoms with Gasteiger partial charge in [0.1, 0.15) is 12.0 Å². The number of carbonyl (C=O) groups excluding carboxylic acids is 1. The lowest BCUT2D eigenvalue weighted by atomic mass is 10.1. The van der Waals surface area contributed by atoms with E-state index in [1.165, 1.54) is 6.33 Å². The molecule has 0 radical (unpaired) electrons. The second kappa shape index (κ2) is 7.84. The number of nitrogens with one attached hydrogen (secondary N) is 1. The maximum Gasteiger partial charge on any atom is 0.269 e. The van der Waals surface area contributed by atoms with Gasteiger partial charge in [0, 0.05) is 18.2 Å². The predicted octanol–water partition coefficient (Wildman–Crippen LogP) is 3.47. The van der Waals surface area contributed by atoms with Crippen molar-refractivity contribution in [3.8, 4) is 22.5 Å². The van der Waals surface area contributed by atoms with Gasteiger partial charge in [0.2, 0.25) is 0 Å². The van der Waals surface area contributed by atoms with Crippen LogP contribution in [0.1, 0.15) is 16.2 Å². The minimum atomic E-state index is -0.197. The van der Waals surface area contributed by atoms with Crippen LogP contribution in [-0.2, 0) is 13.6 Å². The van der Waals surface area contributed by atoms with Crippen molar-refractivity contribution in [1.82, 2.24) is 25.1 Å². The van der Waals surface area contributed by atoms with Crippen molar-refractivity contribution in [2.45, 2.75) is 6.54 Å². The molecule has 0 saturated carbocycles. The molecule has 0 saturated heterocycles. The third-order valence-electron chi connectivity index (χ3n) is 4.41. The molecule has 1 N–H and O–H groups in total. The van der Waals surface area contributed by atoms with E-state index in [1.54, 1.807) is 17.8 Å². The highest BCUT2D eigenvalue weighted by Gasteiger charge is 2.14. The first-order chi connectivity index (χ1) is 13.7. The zero-order valence-electron chi connectivity index (χ0n) is 15.4. The number of hydrogen-bond donors (Lipinski definition) is 1. The van der Waals surface area contributed by atoms with Crippen LogP contribution in [-0.4, -0.2) is 25.7 Å². The minimum Gasteiger partial charge on any atom is -0.345 e. The van der Waals surface area contributed by atoms with Gasteiger partial charge in [-0.2, -0.15) is 5.10 Å². The first kappa shape index (κ1) is 17.6. The zero-order valence-corrected chi connectivity index (χ0v) is 15.4. The Kier molecular flexibility index (Phi) is 4.93. The summed E-state index contributed by atoms with van der Waals surface area (Å²) in [5.41, 5.74) is 4.81. The molecule has 4 aromatic rings. The second-order valence-corrected chi connectivity index (χ2v) is 6.35. The maximum absolute atomic E-state index is 12.6. The fourth-order valence-electron chi connectivity index (χ4n) is 2.95. The quantitative estimate of drug-likeness (QED) is 0.585. The molecule has 0 fully saturated rings. The maximum atomic E-state index is 12.6. The van der Waals surface area contributed by atoms with E-state index in [9.17, 15) is 4.79 Å². The van der Waals surface area contributed by atoms with E-state index in [0.717, 1.165) is 28.2 Å². The summed E-state index contributed by atoms with van der Waals surface area (Å²) in [5.74, 6) is -0.197. The molecule has 0 unspecified atom stereocenters. The van der Waals surface area contributed by atoms with Crippen molar-refractivity contribution in [1.29, 1.82) is 0 Å². The van der Waals surface area contributed by atoms with Crippen molar-refractivity contribution < 1.29 is 4.79 Å². The Morgan fingerprint density at radius 2 is 1.54 bits per heavy atom. The smallest absolute Gasteiger partial charge is 0.269 e. The summed E-state index contributed by atoms with van der Waals surface area (Å²) in [7, 11) is 1.76. The molecule has 2 aromatic carbocycles. The molecular formula is C22H19N5O. The second-order valence-electron chi connectivity index (χ2n) is 6.35. The number of rotatable bonds is 5. The zero-order chi connectivity index (χ0) is 19.3. The number of carbonyl (C=O) groups is 1. The fourth-order valence-corrected chi connectivity index (χ4v) is 2.95. The lowest BCUT2D eigenvalue weighted by Gasteiger charge is -2.06. The summed E-state index contributed by atoms with van der Waals surface area (Å²) in [4.78, 5) is 21.2. The van der Waals surface area contributed by atoms with Crippen molar-refractivity contribution in [3.63, 3.8) is 0 Å². The molecule has 0 aliphatic rings. The normalized spacial score (nSPS) is 10.6. The van der Waals surface area contributed by atoms with Gasteiger partial charge in [-0.3, -0.25) is 9.48 Å². The van der Waals surface area contributed by atoms with Crippen molar-refractivity contribution in [3.05, 3.63) is 90.5 Å². The standard InChI is InChI=1S/C22H19N5O/c1-27-21(13-20(26-27)17-10-6-3-7-11-17)22(28)23-14-18-12-19(25-15-24-18)16-8-4-2-5-9-16/h2-13,15H,14H2,1H3,(H,23,28). The number of nitrogens with zero attached hydrogens (tertiary/aromatic N) is 4. The molecule has 2 aromatic heterocycles. The lowest BCUT2D eigenvalue weighted by molar-refractivity contribution is 0.0941. The minimum absolute atomic E-state index is 0.197. The van der Waals surface area contributed by atoms with Gasteiger partial charge in [0.15, 0.2) is 0 Å². The summed E-state index contributed by atoms with van der Waals surface area (Å²) in [6.45, 7) is 0.313. The molecule has 0 aliphatic heterocycles. The number of benzene rings is 2. The lowest BCUT2D eigenvalue weighted by Crippen LogP contribution is -2.25. The Labute approximate surface area is 162 Å². The molecule has 0 spiro atoms. The van der Waals surface area contributed by atoms with E-state index < -0.39 is 0 Å².